The first kappa shape index (κ1) is 15.0. The first-order chi connectivity index (χ1) is 9.61. The molecule has 1 unspecified atom stereocenters. The SMILES string of the molecule is CCN(CC(C#N)(NC1CC1)c1ccccc1)C(C)C. The Balaban J connectivity index is 2.29. The minimum atomic E-state index is -0.595. The quantitative estimate of drug-likeness (QED) is 0.829. The van der Waals surface area contributed by atoms with Crippen molar-refractivity contribution < 1.29 is 0 Å². The molecule has 0 saturated heterocycles. The summed E-state index contributed by atoms with van der Waals surface area (Å²) in [5, 5.41) is 13.5. The van der Waals surface area contributed by atoms with Crippen molar-refractivity contribution in [2.75, 3.05) is 13.1 Å². The molecule has 3 heteroatoms. The van der Waals surface area contributed by atoms with E-state index in [9.17, 15) is 5.26 Å². The number of hydrogen-bond donors (Lipinski definition) is 1. The predicted octanol–water partition coefficient (Wildman–Crippen LogP) is 2.89. The average molecular weight is 271 g/mol. The van der Waals surface area contributed by atoms with E-state index in [4.69, 9.17) is 0 Å². The fourth-order valence-electron chi connectivity index (χ4n) is 2.62. The standard InChI is InChI=1S/C17H25N3/c1-4-20(14(2)3)13-17(12-18,19-16-10-11-16)15-8-6-5-7-9-15/h5-9,14,16,19H,4,10-11,13H2,1-3H3. The molecule has 1 aromatic rings. The molecule has 1 saturated carbocycles. The number of nitriles is 1. The van der Waals surface area contributed by atoms with Crippen molar-refractivity contribution >= 4 is 0 Å². The Bertz CT molecular complexity index is 459. The van der Waals surface area contributed by atoms with Crippen LogP contribution in [0, 0.1) is 11.3 Å². The summed E-state index contributed by atoms with van der Waals surface area (Å²) in [5.41, 5.74) is 0.483. The van der Waals surface area contributed by atoms with Gasteiger partial charge in [0.25, 0.3) is 0 Å². The van der Waals surface area contributed by atoms with Crippen LogP contribution in [0.25, 0.3) is 0 Å². The summed E-state index contributed by atoms with van der Waals surface area (Å²) in [6, 6.07) is 13.7. The van der Waals surface area contributed by atoms with Crippen molar-refractivity contribution in [3.8, 4) is 6.07 Å². The number of benzene rings is 1. The lowest BCUT2D eigenvalue weighted by Gasteiger charge is -2.36. The number of nitrogens with zero attached hydrogens (tertiary/aromatic N) is 2. The first-order valence-corrected chi connectivity index (χ1v) is 7.60. The normalized spacial score (nSPS) is 18.0. The highest BCUT2D eigenvalue weighted by molar-refractivity contribution is 5.33. The van der Waals surface area contributed by atoms with E-state index in [1.165, 1.54) is 12.8 Å². The van der Waals surface area contributed by atoms with Gasteiger partial charge in [-0.3, -0.25) is 10.2 Å². The molecule has 0 aliphatic heterocycles. The maximum atomic E-state index is 9.89. The van der Waals surface area contributed by atoms with Crippen LogP contribution in [0.15, 0.2) is 30.3 Å². The molecule has 1 fully saturated rings. The van der Waals surface area contributed by atoms with Crippen LogP contribution in [-0.2, 0) is 5.54 Å². The molecule has 2 rings (SSSR count). The van der Waals surface area contributed by atoms with Crippen molar-refractivity contribution in [2.24, 2.45) is 0 Å². The van der Waals surface area contributed by atoms with Gasteiger partial charge in [-0.05, 0) is 38.8 Å². The van der Waals surface area contributed by atoms with Gasteiger partial charge in [0.2, 0.25) is 0 Å². The van der Waals surface area contributed by atoms with Crippen molar-refractivity contribution in [1.29, 1.82) is 5.26 Å². The summed E-state index contributed by atoms with van der Waals surface area (Å²) in [4.78, 5) is 2.35. The Hall–Kier alpha value is -1.37. The van der Waals surface area contributed by atoms with E-state index in [0.29, 0.717) is 12.1 Å². The third kappa shape index (κ3) is 3.39. The van der Waals surface area contributed by atoms with Gasteiger partial charge in [-0.15, -0.1) is 0 Å². The molecular weight excluding hydrogens is 246 g/mol. The van der Waals surface area contributed by atoms with Crippen LogP contribution < -0.4 is 5.32 Å². The molecule has 1 aromatic carbocycles. The molecule has 108 valence electrons. The van der Waals surface area contributed by atoms with Gasteiger partial charge in [-0.2, -0.15) is 5.26 Å². The molecule has 0 spiro atoms. The average Bonchev–Trinajstić information content (AvgIpc) is 3.28. The molecule has 0 bridgehead atoms. The van der Waals surface area contributed by atoms with Crippen LogP contribution in [0.3, 0.4) is 0 Å². The summed E-state index contributed by atoms with van der Waals surface area (Å²) >= 11 is 0. The smallest absolute Gasteiger partial charge is 0.145 e. The number of rotatable bonds is 7. The molecule has 1 aliphatic carbocycles. The fourth-order valence-corrected chi connectivity index (χ4v) is 2.62. The third-order valence-corrected chi connectivity index (χ3v) is 4.06. The van der Waals surface area contributed by atoms with E-state index in [1.807, 2.05) is 18.2 Å². The van der Waals surface area contributed by atoms with Crippen LogP contribution in [0.1, 0.15) is 39.2 Å². The Morgan fingerprint density at radius 3 is 2.45 bits per heavy atom. The molecule has 3 nitrogen and oxygen atoms in total. The summed E-state index contributed by atoms with van der Waals surface area (Å²) in [6.07, 6.45) is 2.37. The van der Waals surface area contributed by atoms with E-state index in [0.717, 1.165) is 18.7 Å². The topological polar surface area (TPSA) is 39.1 Å². The second kappa shape index (κ2) is 6.39. The van der Waals surface area contributed by atoms with Crippen molar-refractivity contribution in [2.45, 2.75) is 51.2 Å². The van der Waals surface area contributed by atoms with Gasteiger partial charge >= 0.3 is 0 Å². The minimum Gasteiger partial charge on any atom is -0.298 e. The zero-order valence-corrected chi connectivity index (χ0v) is 12.8. The Morgan fingerprint density at radius 2 is 2.00 bits per heavy atom. The molecule has 0 aromatic heterocycles. The highest BCUT2D eigenvalue weighted by Gasteiger charge is 2.39. The van der Waals surface area contributed by atoms with Gasteiger partial charge in [-0.25, -0.2) is 0 Å². The lowest BCUT2D eigenvalue weighted by Crippen LogP contribution is -2.52. The van der Waals surface area contributed by atoms with E-state index in [2.05, 4.69) is 49.2 Å². The maximum absolute atomic E-state index is 9.89. The number of hydrogen-bond acceptors (Lipinski definition) is 3. The van der Waals surface area contributed by atoms with E-state index < -0.39 is 5.54 Å². The van der Waals surface area contributed by atoms with Crippen molar-refractivity contribution in [1.82, 2.24) is 10.2 Å². The second-order valence-corrected chi connectivity index (χ2v) is 5.96. The fraction of sp³-hybridized carbons (Fsp3) is 0.588. The largest absolute Gasteiger partial charge is 0.298 e. The van der Waals surface area contributed by atoms with Gasteiger partial charge in [0.05, 0.1) is 6.07 Å². The minimum absolute atomic E-state index is 0.442. The van der Waals surface area contributed by atoms with Crippen LogP contribution in [0.2, 0.25) is 0 Å². The van der Waals surface area contributed by atoms with Gasteiger partial charge in [0, 0.05) is 18.6 Å². The van der Waals surface area contributed by atoms with Gasteiger partial charge in [-0.1, -0.05) is 37.3 Å². The molecular formula is C17H25N3. The van der Waals surface area contributed by atoms with Crippen molar-refractivity contribution in [3.63, 3.8) is 0 Å². The highest BCUT2D eigenvalue weighted by Crippen LogP contribution is 2.29. The van der Waals surface area contributed by atoms with Gasteiger partial charge in [0.1, 0.15) is 5.54 Å². The molecule has 20 heavy (non-hydrogen) atoms. The van der Waals surface area contributed by atoms with E-state index >= 15 is 0 Å². The summed E-state index contributed by atoms with van der Waals surface area (Å²) < 4.78 is 0. The lowest BCUT2D eigenvalue weighted by atomic mass is 9.90. The molecule has 0 radical (unpaired) electrons. The third-order valence-electron chi connectivity index (χ3n) is 4.06. The zero-order chi connectivity index (χ0) is 14.6. The summed E-state index contributed by atoms with van der Waals surface area (Å²) in [6.45, 7) is 8.23. The molecule has 0 amide bonds. The van der Waals surface area contributed by atoms with Crippen molar-refractivity contribution in [3.05, 3.63) is 35.9 Å². The zero-order valence-electron chi connectivity index (χ0n) is 12.8. The van der Waals surface area contributed by atoms with E-state index in [-0.39, 0.29) is 0 Å². The highest BCUT2D eigenvalue weighted by atomic mass is 15.2. The monoisotopic (exact) mass is 271 g/mol. The van der Waals surface area contributed by atoms with Crippen LogP contribution in [0.5, 0.6) is 0 Å². The summed E-state index contributed by atoms with van der Waals surface area (Å²) in [7, 11) is 0. The first-order valence-electron chi connectivity index (χ1n) is 7.60. The number of likely N-dealkylation sites (N-methyl/N-ethyl adjacent to an activating group) is 1. The predicted molar refractivity (Wildman–Crippen MR) is 82.3 cm³/mol. The molecule has 1 N–H and O–H groups in total. The molecule has 0 heterocycles. The Kier molecular flexibility index (Phi) is 4.80. The van der Waals surface area contributed by atoms with Gasteiger partial charge < -0.3 is 0 Å². The Labute approximate surface area is 122 Å². The van der Waals surface area contributed by atoms with Gasteiger partial charge in [0.15, 0.2) is 0 Å². The number of nitrogens with one attached hydrogen (secondary N) is 1. The maximum Gasteiger partial charge on any atom is 0.145 e. The Morgan fingerprint density at radius 1 is 1.35 bits per heavy atom. The molecule has 1 aliphatic rings. The van der Waals surface area contributed by atoms with E-state index in [1.54, 1.807) is 0 Å². The lowest BCUT2D eigenvalue weighted by molar-refractivity contribution is 0.179. The van der Waals surface area contributed by atoms with Crippen LogP contribution in [0.4, 0.5) is 0 Å². The second-order valence-electron chi connectivity index (χ2n) is 5.96. The summed E-state index contributed by atoms with van der Waals surface area (Å²) in [5.74, 6) is 0. The van der Waals surface area contributed by atoms with Crippen LogP contribution >= 0.6 is 0 Å². The van der Waals surface area contributed by atoms with Crippen LogP contribution in [-0.4, -0.2) is 30.1 Å². The molecule has 1 atom stereocenters.